The van der Waals surface area contributed by atoms with Gasteiger partial charge in [0, 0.05) is 31.2 Å². The van der Waals surface area contributed by atoms with E-state index in [9.17, 15) is 18.3 Å². The van der Waals surface area contributed by atoms with Gasteiger partial charge in [0.05, 0.1) is 30.8 Å². The maximum Gasteiger partial charge on any atom is 0.254 e. The number of aliphatic hydroxyl groups excluding tert-OH is 1. The van der Waals surface area contributed by atoms with E-state index in [1.54, 1.807) is 29.2 Å². The highest BCUT2D eigenvalue weighted by Gasteiger charge is 2.47. The molecule has 1 aromatic carbocycles. The maximum atomic E-state index is 13.0. The first kappa shape index (κ1) is 18.2. The third kappa shape index (κ3) is 3.80. The Bertz CT molecular complexity index is 736. The highest BCUT2D eigenvalue weighted by molar-refractivity contribution is 7.91. The number of benzene rings is 1. The van der Waals surface area contributed by atoms with Gasteiger partial charge in [0.25, 0.3) is 5.91 Å². The smallest absolute Gasteiger partial charge is 0.254 e. The van der Waals surface area contributed by atoms with Crippen LogP contribution < -0.4 is 4.74 Å². The Hall–Kier alpha value is -1.64. The van der Waals surface area contributed by atoms with Crippen molar-refractivity contribution in [1.82, 2.24) is 9.80 Å². The monoisotopic (exact) mass is 368 g/mol. The first-order chi connectivity index (χ1) is 11.9. The largest absolute Gasteiger partial charge is 0.494 e. The van der Waals surface area contributed by atoms with Crippen LogP contribution in [-0.4, -0.2) is 85.7 Å². The van der Waals surface area contributed by atoms with Crippen LogP contribution in [-0.2, 0) is 9.84 Å². The number of fused-ring (bicyclic) bond motifs is 1. The van der Waals surface area contributed by atoms with E-state index in [4.69, 9.17) is 4.74 Å². The van der Waals surface area contributed by atoms with Gasteiger partial charge in [-0.1, -0.05) is 6.07 Å². The van der Waals surface area contributed by atoms with Crippen LogP contribution in [0.5, 0.6) is 5.75 Å². The second-order valence-corrected chi connectivity index (χ2v) is 8.58. The van der Waals surface area contributed by atoms with Gasteiger partial charge in [0.2, 0.25) is 0 Å². The molecule has 2 atom stereocenters. The summed E-state index contributed by atoms with van der Waals surface area (Å²) in [5.74, 6) is 0.483. The van der Waals surface area contributed by atoms with Gasteiger partial charge in [-0.05, 0) is 25.1 Å². The molecule has 1 N–H and O–H groups in total. The van der Waals surface area contributed by atoms with Crippen molar-refractivity contribution in [2.45, 2.75) is 19.0 Å². The van der Waals surface area contributed by atoms with Gasteiger partial charge in [-0.2, -0.15) is 0 Å². The lowest BCUT2D eigenvalue weighted by molar-refractivity contribution is 0.0281. The molecule has 1 aromatic rings. The molecule has 1 amide bonds. The number of piperazine rings is 1. The Morgan fingerprint density at radius 1 is 1.28 bits per heavy atom. The van der Waals surface area contributed by atoms with E-state index in [1.807, 2.05) is 11.8 Å². The normalized spacial score (nSPS) is 25.6. The third-order valence-corrected chi connectivity index (χ3v) is 6.53. The number of amides is 1. The lowest BCUT2D eigenvalue weighted by atomic mass is 10.0. The van der Waals surface area contributed by atoms with E-state index in [0.717, 1.165) is 0 Å². The summed E-state index contributed by atoms with van der Waals surface area (Å²) in [5.41, 5.74) is 0.504. The standard InChI is InChI=1S/C17H24N2O5S/c1-2-24-14-5-3-4-13(10-14)17(21)19-7-6-18(8-9-20)15-11-25(22,23)12-16(15)19/h3-5,10,15-16,20H,2,6-9,11-12H2,1H3/t15-,16+/m1/s1. The average molecular weight is 368 g/mol. The zero-order valence-electron chi connectivity index (χ0n) is 14.3. The molecule has 0 unspecified atom stereocenters. The molecule has 0 aromatic heterocycles. The molecule has 0 bridgehead atoms. The second-order valence-electron chi connectivity index (χ2n) is 6.43. The minimum Gasteiger partial charge on any atom is -0.494 e. The zero-order chi connectivity index (χ0) is 18.0. The van der Waals surface area contributed by atoms with Crippen LogP contribution >= 0.6 is 0 Å². The van der Waals surface area contributed by atoms with Gasteiger partial charge in [-0.3, -0.25) is 9.69 Å². The fraction of sp³-hybridized carbons (Fsp3) is 0.588. The molecule has 2 aliphatic rings. The summed E-state index contributed by atoms with van der Waals surface area (Å²) >= 11 is 0. The summed E-state index contributed by atoms with van der Waals surface area (Å²) < 4.78 is 29.7. The summed E-state index contributed by atoms with van der Waals surface area (Å²) in [6.07, 6.45) is 0. The highest BCUT2D eigenvalue weighted by Crippen LogP contribution is 2.28. The number of carbonyl (C=O) groups excluding carboxylic acids is 1. The van der Waals surface area contributed by atoms with E-state index >= 15 is 0 Å². The van der Waals surface area contributed by atoms with Crippen molar-refractivity contribution in [3.63, 3.8) is 0 Å². The molecule has 138 valence electrons. The van der Waals surface area contributed by atoms with Crippen LogP contribution in [0.4, 0.5) is 0 Å². The second kappa shape index (κ2) is 7.31. The number of sulfone groups is 1. The van der Waals surface area contributed by atoms with Crippen molar-refractivity contribution in [3.8, 4) is 5.75 Å². The van der Waals surface area contributed by atoms with E-state index in [1.165, 1.54) is 0 Å². The van der Waals surface area contributed by atoms with E-state index < -0.39 is 9.84 Å². The minimum atomic E-state index is -3.19. The van der Waals surface area contributed by atoms with Crippen molar-refractivity contribution in [3.05, 3.63) is 29.8 Å². The van der Waals surface area contributed by atoms with Crippen LogP contribution in [0.15, 0.2) is 24.3 Å². The summed E-state index contributed by atoms with van der Waals surface area (Å²) in [6, 6.07) is 6.37. The van der Waals surface area contributed by atoms with Gasteiger partial charge < -0.3 is 14.7 Å². The van der Waals surface area contributed by atoms with Gasteiger partial charge in [-0.15, -0.1) is 0 Å². The molecule has 0 radical (unpaired) electrons. The minimum absolute atomic E-state index is 0.0174. The molecule has 2 fully saturated rings. The molecular formula is C17H24N2O5S. The number of ether oxygens (including phenoxy) is 1. The average Bonchev–Trinajstić information content (AvgIpc) is 2.91. The summed E-state index contributed by atoms with van der Waals surface area (Å²) in [6.45, 7) is 3.82. The van der Waals surface area contributed by atoms with Crippen molar-refractivity contribution < 1.29 is 23.1 Å². The quantitative estimate of drug-likeness (QED) is 0.787. The van der Waals surface area contributed by atoms with Crippen LogP contribution in [0.25, 0.3) is 0 Å². The number of rotatable bonds is 5. The predicted octanol–water partition coefficient (Wildman–Crippen LogP) is 0.00100. The summed E-state index contributed by atoms with van der Waals surface area (Å²) in [5, 5.41) is 9.22. The Balaban J connectivity index is 1.84. The molecule has 2 aliphatic heterocycles. The van der Waals surface area contributed by atoms with Gasteiger partial charge in [-0.25, -0.2) is 8.42 Å². The Morgan fingerprint density at radius 3 is 2.76 bits per heavy atom. The number of aliphatic hydroxyl groups is 1. The van der Waals surface area contributed by atoms with Gasteiger partial charge in [0.1, 0.15) is 5.75 Å². The van der Waals surface area contributed by atoms with E-state index in [2.05, 4.69) is 0 Å². The van der Waals surface area contributed by atoms with Gasteiger partial charge in [0.15, 0.2) is 9.84 Å². The summed E-state index contributed by atoms with van der Waals surface area (Å²) in [4.78, 5) is 16.6. The van der Waals surface area contributed by atoms with Crippen molar-refractivity contribution in [2.75, 3.05) is 44.4 Å². The predicted molar refractivity (Wildman–Crippen MR) is 93.5 cm³/mol. The van der Waals surface area contributed by atoms with Crippen LogP contribution in [0.3, 0.4) is 0 Å². The molecule has 2 heterocycles. The number of hydrogen-bond donors (Lipinski definition) is 1. The molecule has 0 saturated carbocycles. The molecule has 2 saturated heterocycles. The first-order valence-electron chi connectivity index (χ1n) is 8.54. The third-order valence-electron chi connectivity index (χ3n) is 4.83. The van der Waals surface area contributed by atoms with Crippen molar-refractivity contribution in [2.24, 2.45) is 0 Å². The number of nitrogens with zero attached hydrogens (tertiary/aromatic N) is 2. The van der Waals surface area contributed by atoms with Crippen LogP contribution in [0.1, 0.15) is 17.3 Å². The molecule has 0 spiro atoms. The fourth-order valence-corrected chi connectivity index (χ4v) is 5.75. The number of β-amino-alcohol motifs (C(OH)–C–C–N with tert-alkyl or cyclic N) is 1. The Morgan fingerprint density at radius 2 is 2.04 bits per heavy atom. The lowest BCUT2D eigenvalue weighted by Crippen LogP contribution is -2.61. The number of carbonyl (C=O) groups is 1. The molecule has 3 rings (SSSR count). The molecule has 8 heteroatoms. The zero-order valence-corrected chi connectivity index (χ0v) is 15.1. The van der Waals surface area contributed by atoms with Crippen LogP contribution in [0.2, 0.25) is 0 Å². The molecular weight excluding hydrogens is 344 g/mol. The Labute approximate surface area is 148 Å². The molecule has 7 nitrogen and oxygen atoms in total. The molecule has 25 heavy (non-hydrogen) atoms. The topological polar surface area (TPSA) is 87.2 Å². The molecule has 0 aliphatic carbocycles. The van der Waals surface area contributed by atoms with E-state index in [0.29, 0.717) is 37.6 Å². The Kier molecular flexibility index (Phi) is 5.31. The highest BCUT2D eigenvalue weighted by atomic mass is 32.2. The first-order valence-corrected chi connectivity index (χ1v) is 10.4. The summed E-state index contributed by atoms with van der Waals surface area (Å²) in [7, 11) is -3.19. The van der Waals surface area contributed by atoms with Gasteiger partial charge >= 0.3 is 0 Å². The fourth-order valence-electron chi connectivity index (χ4n) is 3.73. The lowest BCUT2D eigenvalue weighted by Gasteiger charge is -2.43. The van der Waals surface area contributed by atoms with Crippen molar-refractivity contribution in [1.29, 1.82) is 0 Å². The SMILES string of the molecule is CCOc1cccc(C(=O)N2CCN(CCO)[C@@H]3CS(=O)(=O)C[C@@H]32)c1. The van der Waals surface area contributed by atoms with Crippen molar-refractivity contribution >= 4 is 15.7 Å². The van der Waals surface area contributed by atoms with Crippen LogP contribution in [0, 0.1) is 0 Å². The maximum absolute atomic E-state index is 13.0. The number of hydrogen-bond acceptors (Lipinski definition) is 6. The van der Waals surface area contributed by atoms with E-state index in [-0.39, 0.29) is 36.1 Å².